The molecule has 4 aromatic rings. The number of carbonyl (C=O) groups is 2. The van der Waals surface area contributed by atoms with Crippen LogP contribution in [0, 0.1) is 5.82 Å². The topological polar surface area (TPSA) is 86.3 Å². The maximum Gasteiger partial charge on any atom is 0.302 e. The van der Waals surface area contributed by atoms with Crippen molar-refractivity contribution in [3.8, 4) is 0 Å². The summed E-state index contributed by atoms with van der Waals surface area (Å²) in [6.07, 6.45) is 0. The van der Waals surface area contributed by atoms with Crippen molar-refractivity contribution in [2.45, 2.75) is 6.04 Å². The molecule has 158 valence electrons. The van der Waals surface area contributed by atoms with Crippen molar-refractivity contribution in [1.29, 1.82) is 0 Å². The molecule has 0 radical (unpaired) electrons. The van der Waals surface area contributed by atoms with Crippen LogP contribution in [-0.2, 0) is 9.59 Å². The maximum absolute atomic E-state index is 13.6. The lowest BCUT2D eigenvalue weighted by atomic mass is 9.95. The predicted molar refractivity (Wildman–Crippen MR) is 121 cm³/mol. The summed E-state index contributed by atoms with van der Waals surface area (Å²) >= 11 is 3.34. The monoisotopic (exact) mass is 491 g/mol. The van der Waals surface area contributed by atoms with Crippen LogP contribution in [0.2, 0.25) is 0 Å². The van der Waals surface area contributed by atoms with Crippen LogP contribution < -0.4 is 4.90 Å². The van der Waals surface area contributed by atoms with Crippen LogP contribution >= 0.6 is 15.9 Å². The summed E-state index contributed by atoms with van der Waals surface area (Å²) in [4.78, 5) is 35.0. The van der Waals surface area contributed by atoms with Crippen molar-refractivity contribution >= 4 is 50.4 Å². The van der Waals surface area contributed by atoms with Gasteiger partial charge in [-0.25, -0.2) is 9.37 Å². The number of amides is 1. The van der Waals surface area contributed by atoms with Gasteiger partial charge >= 0.3 is 5.91 Å². The number of fused-ring (bicyclic) bond motifs is 1. The second kappa shape index (κ2) is 7.72. The third-order valence-electron chi connectivity index (χ3n) is 5.35. The molecule has 32 heavy (non-hydrogen) atoms. The van der Waals surface area contributed by atoms with Gasteiger partial charge in [0.25, 0.3) is 5.78 Å². The van der Waals surface area contributed by atoms with Gasteiger partial charge in [-0.15, -0.1) is 0 Å². The SMILES string of the molecule is O=C1C(=O)N(c2nc3ccccc3[nH]2)C(c2ccc(F)cc2)/C1=C(\O)c1ccc(Br)cc1. The van der Waals surface area contributed by atoms with E-state index >= 15 is 0 Å². The molecule has 1 unspecified atom stereocenters. The number of hydrogen-bond acceptors (Lipinski definition) is 4. The second-order valence-corrected chi connectivity index (χ2v) is 8.22. The predicted octanol–water partition coefficient (Wildman–Crippen LogP) is 5.09. The molecule has 0 saturated carbocycles. The average Bonchev–Trinajstić information content (AvgIpc) is 3.33. The van der Waals surface area contributed by atoms with Gasteiger partial charge in [-0.05, 0) is 42.0 Å². The summed E-state index contributed by atoms with van der Waals surface area (Å²) < 4.78 is 14.4. The van der Waals surface area contributed by atoms with Crippen molar-refractivity contribution in [3.05, 3.63) is 99.8 Å². The molecule has 2 heterocycles. The fourth-order valence-corrected chi connectivity index (χ4v) is 4.09. The van der Waals surface area contributed by atoms with Gasteiger partial charge in [0.2, 0.25) is 5.95 Å². The fraction of sp³-hybridized carbons (Fsp3) is 0.0417. The molecule has 2 N–H and O–H groups in total. The van der Waals surface area contributed by atoms with E-state index in [4.69, 9.17) is 0 Å². The number of H-pyrrole nitrogens is 1. The van der Waals surface area contributed by atoms with E-state index in [1.807, 2.05) is 12.1 Å². The number of imidazole rings is 1. The lowest BCUT2D eigenvalue weighted by Gasteiger charge is -2.23. The minimum atomic E-state index is -0.986. The van der Waals surface area contributed by atoms with Crippen molar-refractivity contribution in [2.75, 3.05) is 4.90 Å². The van der Waals surface area contributed by atoms with E-state index in [1.165, 1.54) is 29.2 Å². The third-order valence-corrected chi connectivity index (χ3v) is 5.88. The molecule has 0 aliphatic carbocycles. The summed E-state index contributed by atoms with van der Waals surface area (Å²) in [5.41, 5.74) is 2.06. The molecule has 1 aliphatic rings. The number of hydrogen-bond donors (Lipinski definition) is 2. The maximum atomic E-state index is 13.6. The molecule has 1 aromatic heterocycles. The van der Waals surface area contributed by atoms with Crippen molar-refractivity contribution in [2.24, 2.45) is 0 Å². The van der Waals surface area contributed by atoms with Crippen LogP contribution in [0.25, 0.3) is 16.8 Å². The minimum absolute atomic E-state index is 0.0932. The Balaban J connectivity index is 1.73. The first-order chi connectivity index (χ1) is 15.4. The van der Waals surface area contributed by atoms with Gasteiger partial charge in [-0.2, -0.15) is 0 Å². The Labute approximate surface area is 190 Å². The molecule has 0 bridgehead atoms. The summed E-state index contributed by atoms with van der Waals surface area (Å²) in [6, 6.07) is 18.4. The highest BCUT2D eigenvalue weighted by Crippen LogP contribution is 2.41. The Morgan fingerprint density at radius 3 is 2.38 bits per heavy atom. The van der Waals surface area contributed by atoms with Crippen molar-refractivity contribution < 1.29 is 19.1 Å². The van der Waals surface area contributed by atoms with Gasteiger partial charge < -0.3 is 10.1 Å². The molecule has 3 aromatic carbocycles. The first kappa shape index (κ1) is 20.1. The summed E-state index contributed by atoms with van der Waals surface area (Å²) in [5.74, 6) is -2.29. The van der Waals surface area contributed by atoms with Crippen LogP contribution in [0.5, 0.6) is 0 Å². The number of anilines is 1. The number of aromatic amines is 1. The number of aromatic nitrogens is 2. The number of Topliss-reactive ketones (excluding diaryl/α,β-unsaturated/α-hetero) is 1. The third kappa shape index (κ3) is 3.29. The van der Waals surface area contributed by atoms with Gasteiger partial charge in [-0.1, -0.05) is 52.3 Å². The van der Waals surface area contributed by atoms with Crippen LogP contribution in [-0.4, -0.2) is 26.8 Å². The normalized spacial score (nSPS) is 17.9. The Morgan fingerprint density at radius 1 is 1.00 bits per heavy atom. The van der Waals surface area contributed by atoms with Crippen LogP contribution in [0.1, 0.15) is 17.2 Å². The van der Waals surface area contributed by atoms with Gasteiger partial charge in [-0.3, -0.25) is 14.5 Å². The van der Waals surface area contributed by atoms with E-state index in [-0.39, 0.29) is 17.3 Å². The summed E-state index contributed by atoms with van der Waals surface area (Å²) in [5, 5.41) is 11.1. The summed E-state index contributed by atoms with van der Waals surface area (Å²) in [6.45, 7) is 0. The number of ketones is 1. The second-order valence-electron chi connectivity index (χ2n) is 7.31. The van der Waals surface area contributed by atoms with Gasteiger partial charge in [0.05, 0.1) is 22.6 Å². The highest BCUT2D eigenvalue weighted by atomic mass is 79.9. The molecule has 5 rings (SSSR count). The Hall–Kier alpha value is -3.78. The zero-order valence-corrected chi connectivity index (χ0v) is 18.0. The standard InChI is InChI=1S/C24H15BrFN3O3/c25-15-9-5-14(6-10-15)21(30)19-20(13-7-11-16(26)12-8-13)29(23(32)22(19)31)24-27-17-3-1-2-4-18(17)28-24/h1-12,20,30H,(H,27,28)/b21-19+. The highest BCUT2D eigenvalue weighted by Gasteiger charge is 2.48. The zero-order chi connectivity index (χ0) is 22.4. The van der Waals surface area contributed by atoms with E-state index in [2.05, 4.69) is 25.9 Å². The van der Waals surface area contributed by atoms with Crippen molar-refractivity contribution in [1.82, 2.24) is 9.97 Å². The highest BCUT2D eigenvalue weighted by molar-refractivity contribution is 9.10. The number of halogens is 2. The lowest BCUT2D eigenvalue weighted by molar-refractivity contribution is -0.132. The van der Waals surface area contributed by atoms with E-state index in [0.29, 0.717) is 22.2 Å². The first-order valence-electron chi connectivity index (χ1n) is 9.71. The lowest BCUT2D eigenvalue weighted by Crippen LogP contribution is -2.30. The molecule has 1 atom stereocenters. The Kier molecular flexibility index (Phi) is 4.86. The fourth-order valence-electron chi connectivity index (χ4n) is 3.83. The smallest absolute Gasteiger partial charge is 0.302 e. The molecule has 1 amide bonds. The van der Waals surface area contributed by atoms with E-state index in [1.54, 1.807) is 36.4 Å². The molecule has 8 heteroatoms. The number of nitrogens with one attached hydrogen (secondary N) is 1. The molecular formula is C24H15BrFN3O3. The quantitative estimate of drug-likeness (QED) is 0.237. The number of benzene rings is 3. The Bertz CT molecular complexity index is 1360. The van der Waals surface area contributed by atoms with E-state index < -0.39 is 23.5 Å². The van der Waals surface area contributed by atoms with Gasteiger partial charge in [0, 0.05) is 10.0 Å². The Morgan fingerprint density at radius 2 is 1.69 bits per heavy atom. The van der Waals surface area contributed by atoms with Crippen LogP contribution in [0.4, 0.5) is 10.3 Å². The van der Waals surface area contributed by atoms with Crippen LogP contribution in [0.15, 0.2) is 82.8 Å². The zero-order valence-electron chi connectivity index (χ0n) is 16.4. The summed E-state index contributed by atoms with van der Waals surface area (Å²) in [7, 11) is 0. The number of carbonyl (C=O) groups excluding carboxylic acids is 2. The number of aliphatic hydroxyl groups is 1. The molecular weight excluding hydrogens is 477 g/mol. The van der Waals surface area contributed by atoms with Crippen LogP contribution in [0.3, 0.4) is 0 Å². The molecule has 0 spiro atoms. The van der Waals surface area contributed by atoms with E-state index in [9.17, 15) is 19.1 Å². The number of aliphatic hydroxyl groups excluding tert-OH is 1. The number of rotatable bonds is 3. The minimum Gasteiger partial charge on any atom is -0.507 e. The van der Waals surface area contributed by atoms with Gasteiger partial charge in [0.15, 0.2) is 0 Å². The molecule has 1 saturated heterocycles. The van der Waals surface area contributed by atoms with Gasteiger partial charge in [0.1, 0.15) is 11.6 Å². The number of nitrogens with zero attached hydrogens (tertiary/aromatic N) is 2. The van der Waals surface area contributed by atoms with E-state index in [0.717, 1.165) is 4.47 Å². The molecule has 6 nitrogen and oxygen atoms in total. The molecule has 1 fully saturated rings. The number of para-hydroxylation sites is 2. The molecule has 1 aliphatic heterocycles. The largest absolute Gasteiger partial charge is 0.507 e. The first-order valence-corrected chi connectivity index (χ1v) is 10.5. The average molecular weight is 492 g/mol. The van der Waals surface area contributed by atoms with Crippen molar-refractivity contribution in [3.63, 3.8) is 0 Å².